The molecule has 1 aliphatic heterocycles. The topological polar surface area (TPSA) is 114 Å². The second-order valence-electron chi connectivity index (χ2n) is 14.8. The molecular weight excluding hydrogens is 620 g/mol. The van der Waals surface area contributed by atoms with E-state index in [1.807, 2.05) is 44.1 Å². The third-order valence-corrected chi connectivity index (χ3v) is 11.2. The van der Waals surface area contributed by atoms with Gasteiger partial charge in [-0.3, -0.25) is 14.7 Å². The maximum Gasteiger partial charge on any atom is 0.410 e. The number of rotatable bonds is 10. The number of hydrogen-bond donors (Lipinski definition) is 0. The van der Waals surface area contributed by atoms with Gasteiger partial charge in [-0.15, -0.1) is 0 Å². The zero-order chi connectivity index (χ0) is 34.1. The molecule has 7 rings (SSSR count). The summed E-state index contributed by atoms with van der Waals surface area (Å²) in [5.74, 6) is 3.44. The highest BCUT2D eigenvalue weighted by Gasteiger charge is 2.37. The van der Waals surface area contributed by atoms with Gasteiger partial charge in [-0.2, -0.15) is 0 Å². The summed E-state index contributed by atoms with van der Waals surface area (Å²) in [6, 6.07) is 8.43. The van der Waals surface area contributed by atoms with E-state index in [1.165, 1.54) is 0 Å². The van der Waals surface area contributed by atoms with E-state index in [-0.39, 0.29) is 24.0 Å². The Balaban J connectivity index is 1.02. The Labute approximate surface area is 289 Å². The number of ether oxygens (including phenoxy) is 2. The predicted molar refractivity (Wildman–Crippen MR) is 186 cm³/mol. The fraction of sp³-hybridized carbons (Fsp3) is 0.605. The number of likely N-dealkylation sites (N-methyl/N-ethyl adjacent to an activating group) is 1. The van der Waals surface area contributed by atoms with Crippen LogP contribution in [0.1, 0.15) is 93.3 Å². The number of carbonyl (C=O) groups excluding carboxylic acids is 2. The standard InChI is InChI=1S/C38H50N6O5/c1-24-34(47-4)16-15-32(40-24)26-7-5-25(6-8-26)20-44(35-19-29(17-18-39-35)33-23-48-36(41-33)27-9-10-27)37(45)28-11-13-31(14-12-28)49-38(46)43-21-30(22-43)42(2)3/h15-19,23,25-28,30-31H,5-14,20-22H2,1-4H3. The Morgan fingerprint density at radius 1 is 0.939 bits per heavy atom. The average molecular weight is 671 g/mol. The van der Waals surface area contributed by atoms with Crippen molar-refractivity contribution in [1.82, 2.24) is 24.8 Å². The molecule has 3 aromatic rings. The summed E-state index contributed by atoms with van der Waals surface area (Å²) in [6.45, 7) is 4.03. The highest BCUT2D eigenvalue weighted by atomic mass is 16.6. The van der Waals surface area contributed by atoms with Crippen molar-refractivity contribution in [2.24, 2.45) is 11.8 Å². The van der Waals surface area contributed by atoms with E-state index in [0.717, 1.165) is 72.8 Å². The number of aryl methyl sites for hydroxylation is 1. The van der Waals surface area contributed by atoms with Gasteiger partial charge in [0.1, 0.15) is 29.6 Å². The summed E-state index contributed by atoms with van der Waals surface area (Å²) in [7, 11) is 5.75. The Morgan fingerprint density at radius 2 is 1.67 bits per heavy atom. The van der Waals surface area contributed by atoms with Gasteiger partial charge in [-0.25, -0.2) is 14.8 Å². The van der Waals surface area contributed by atoms with Crippen LogP contribution < -0.4 is 9.64 Å². The molecule has 0 spiro atoms. The summed E-state index contributed by atoms with van der Waals surface area (Å²) < 4.78 is 17.1. The molecule has 0 unspecified atom stereocenters. The van der Waals surface area contributed by atoms with E-state index in [2.05, 4.69) is 11.0 Å². The smallest absolute Gasteiger partial charge is 0.410 e. The number of anilines is 1. The zero-order valence-corrected chi connectivity index (χ0v) is 29.3. The molecule has 1 saturated heterocycles. The van der Waals surface area contributed by atoms with Gasteiger partial charge in [0.2, 0.25) is 5.91 Å². The summed E-state index contributed by atoms with van der Waals surface area (Å²) in [5.41, 5.74) is 3.73. The molecule has 0 atom stereocenters. The lowest BCUT2D eigenvalue weighted by Gasteiger charge is -2.42. The number of amides is 2. The fourth-order valence-corrected chi connectivity index (χ4v) is 7.67. The van der Waals surface area contributed by atoms with Gasteiger partial charge in [-0.05, 0) is 115 Å². The molecule has 3 saturated carbocycles. The molecule has 11 heteroatoms. The lowest BCUT2D eigenvalue weighted by atomic mass is 9.79. The minimum Gasteiger partial charge on any atom is -0.495 e. The molecule has 262 valence electrons. The Hall–Kier alpha value is -3.99. The Bertz CT molecular complexity index is 1620. The second kappa shape index (κ2) is 14.5. The summed E-state index contributed by atoms with van der Waals surface area (Å²) in [5, 5.41) is 0. The number of likely N-dealkylation sites (tertiary alicyclic amines) is 1. The monoisotopic (exact) mass is 670 g/mol. The van der Waals surface area contributed by atoms with Gasteiger partial charge in [-0.1, -0.05) is 0 Å². The molecule has 4 fully saturated rings. The number of oxazole rings is 1. The van der Waals surface area contributed by atoms with E-state index < -0.39 is 0 Å². The van der Waals surface area contributed by atoms with E-state index in [9.17, 15) is 9.59 Å². The zero-order valence-electron chi connectivity index (χ0n) is 29.3. The van der Waals surface area contributed by atoms with Crippen molar-refractivity contribution in [3.8, 4) is 17.0 Å². The molecule has 3 aromatic heterocycles. The number of pyridine rings is 2. The predicted octanol–water partition coefficient (Wildman–Crippen LogP) is 6.57. The maximum absolute atomic E-state index is 14.4. The normalized spacial score (nSPS) is 24.4. The van der Waals surface area contributed by atoms with Crippen LogP contribution in [-0.4, -0.2) is 89.7 Å². The molecule has 4 heterocycles. The number of hydrogen-bond acceptors (Lipinski definition) is 9. The molecule has 0 bridgehead atoms. The molecule has 2 amide bonds. The van der Waals surface area contributed by atoms with E-state index in [1.54, 1.807) is 24.5 Å². The van der Waals surface area contributed by atoms with Gasteiger partial charge in [0.25, 0.3) is 0 Å². The SMILES string of the molecule is COc1ccc(C2CCC(CN(C(=O)C3CCC(OC(=O)N4CC(N(C)C)C4)CC3)c3cc(-c4coc(C5CC5)n4)ccn3)CC2)nc1C. The van der Waals surface area contributed by atoms with Crippen molar-refractivity contribution in [3.05, 3.63) is 54.0 Å². The molecule has 11 nitrogen and oxygen atoms in total. The first-order valence-corrected chi connectivity index (χ1v) is 18.1. The van der Waals surface area contributed by atoms with E-state index >= 15 is 0 Å². The maximum atomic E-state index is 14.4. The lowest BCUT2D eigenvalue weighted by Crippen LogP contribution is -2.59. The van der Waals surface area contributed by atoms with Crippen LogP contribution in [0.5, 0.6) is 5.75 Å². The van der Waals surface area contributed by atoms with Gasteiger partial charge in [0, 0.05) is 60.9 Å². The Morgan fingerprint density at radius 3 is 2.35 bits per heavy atom. The molecule has 49 heavy (non-hydrogen) atoms. The van der Waals surface area contributed by atoms with Crippen molar-refractivity contribution >= 4 is 17.8 Å². The Kier molecular flexibility index (Phi) is 9.89. The fourth-order valence-electron chi connectivity index (χ4n) is 7.67. The second-order valence-corrected chi connectivity index (χ2v) is 14.8. The first-order valence-electron chi connectivity index (χ1n) is 18.1. The average Bonchev–Trinajstić information content (AvgIpc) is 3.82. The van der Waals surface area contributed by atoms with Crippen LogP contribution in [-0.2, 0) is 9.53 Å². The first kappa shape index (κ1) is 33.5. The minimum atomic E-state index is -0.233. The van der Waals surface area contributed by atoms with Crippen LogP contribution in [0.15, 0.2) is 41.1 Å². The van der Waals surface area contributed by atoms with Crippen molar-refractivity contribution < 1.29 is 23.5 Å². The van der Waals surface area contributed by atoms with Crippen molar-refractivity contribution in [2.75, 3.05) is 45.7 Å². The highest BCUT2D eigenvalue weighted by Crippen LogP contribution is 2.41. The van der Waals surface area contributed by atoms with Crippen molar-refractivity contribution in [1.29, 1.82) is 0 Å². The van der Waals surface area contributed by atoms with Crippen molar-refractivity contribution in [3.63, 3.8) is 0 Å². The minimum absolute atomic E-state index is 0.111. The first-order chi connectivity index (χ1) is 23.7. The van der Waals surface area contributed by atoms with E-state index in [0.29, 0.717) is 74.9 Å². The summed E-state index contributed by atoms with van der Waals surface area (Å²) >= 11 is 0. The molecule has 3 aliphatic carbocycles. The molecular formula is C38H50N6O5. The van der Waals surface area contributed by atoms with Gasteiger partial charge >= 0.3 is 6.09 Å². The summed E-state index contributed by atoms with van der Waals surface area (Å²) in [4.78, 5) is 47.3. The van der Waals surface area contributed by atoms with Crippen molar-refractivity contribution in [2.45, 2.75) is 95.1 Å². The van der Waals surface area contributed by atoms with Crippen LogP contribution in [0.3, 0.4) is 0 Å². The molecule has 4 aliphatic rings. The largest absolute Gasteiger partial charge is 0.495 e. The van der Waals surface area contributed by atoms with Crippen LogP contribution in [0.4, 0.5) is 10.6 Å². The molecule has 0 radical (unpaired) electrons. The van der Waals surface area contributed by atoms with Crippen LogP contribution in [0, 0.1) is 18.8 Å². The number of carbonyl (C=O) groups is 2. The number of aromatic nitrogens is 3. The third-order valence-electron chi connectivity index (χ3n) is 11.2. The highest BCUT2D eigenvalue weighted by molar-refractivity contribution is 5.94. The molecule has 0 aromatic carbocycles. The molecule has 0 N–H and O–H groups in total. The number of nitrogens with zero attached hydrogens (tertiary/aromatic N) is 6. The lowest BCUT2D eigenvalue weighted by molar-refractivity contribution is -0.124. The quantitative estimate of drug-likeness (QED) is 0.236. The van der Waals surface area contributed by atoms with E-state index in [4.69, 9.17) is 28.8 Å². The third kappa shape index (κ3) is 7.61. The van der Waals surface area contributed by atoms with Gasteiger partial charge < -0.3 is 23.7 Å². The van der Waals surface area contributed by atoms with Crippen LogP contribution in [0.2, 0.25) is 0 Å². The van der Waals surface area contributed by atoms with Crippen LogP contribution >= 0.6 is 0 Å². The number of methoxy groups -OCH3 is 1. The van der Waals surface area contributed by atoms with Gasteiger partial charge in [0.05, 0.1) is 12.8 Å². The van der Waals surface area contributed by atoms with Crippen LogP contribution in [0.25, 0.3) is 11.3 Å². The van der Waals surface area contributed by atoms with Gasteiger partial charge in [0.15, 0.2) is 5.89 Å². The summed E-state index contributed by atoms with van der Waals surface area (Å²) in [6.07, 6.45) is 12.2.